The summed E-state index contributed by atoms with van der Waals surface area (Å²) in [5.74, 6) is 1.25. The van der Waals surface area contributed by atoms with Crippen molar-refractivity contribution >= 4 is 30.3 Å². The number of allylic oxidation sites excluding steroid dienone is 5. The summed E-state index contributed by atoms with van der Waals surface area (Å²) in [6, 6.07) is 18.6. The van der Waals surface area contributed by atoms with Crippen molar-refractivity contribution in [3.63, 3.8) is 0 Å². The summed E-state index contributed by atoms with van der Waals surface area (Å²) in [5, 5.41) is 0. The molecule has 2 aromatic carbocycles. The minimum atomic E-state index is 0.0457. The molecule has 0 radical (unpaired) electrons. The molecule has 1 aliphatic rings. The van der Waals surface area contributed by atoms with Crippen molar-refractivity contribution in [3.8, 4) is 0 Å². The van der Waals surface area contributed by atoms with E-state index in [2.05, 4.69) is 112 Å². The molecular formula is C34H45I. The van der Waals surface area contributed by atoms with Gasteiger partial charge in [-0.3, -0.25) is 0 Å². The standard InChI is InChI=1S/C34H45I/c1-7-12-26(3)22-30-15-9-14-29(24-30)18-19-31(13-8-2)33-17-10-16-32(25-33)27(4)23-28(5)34(6)20-11-21-35-34/h9-11,14-17,19-21,24-27H,5,7-8,12-13,18,22-23H2,1-4,6H3/b31-19+/t26-,27?,34+/m1/s1. The highest BCUT2D eigenvalue weighted by molar-refractivity contribution is 14.2. The van der Waals surface area contributed by atoms with Gasteiger partial charge in [0.05, 0.1) is 3.42 Å². The van der Waals surface area contributed by atoms with Gasteiger partial charge in [0.25, 0.3) is 0 Å². The van der Waals surface area contributed by atoms with Gasteiger partial charge < -0.3 is 0 Å². The number of alkyl halides is 1. The Labute approximate surface area is 225 Å². The summed E-state index contributed by atoms with van der Waals surface area (Å²) in [6.07, 6.45) is 15.2. The smallest absolute Gasteiger partial charge is 0.0534 e. The van der Waals surface area contributed by atoms with Gasteiger partial charge in [0.15, 0.2) is 0 Å². The van der Waals surface area contributed by atoms with Gasteiger partial charge in [-0.05, 0) is 76.3 Å². The minimum Gasteiger partial charge on any atom is -0.107 e. The van der Waals surface area contributed by atoms with Crippen molar-refractivity contribution in [1.29, 1.82) is 0 Å². The Bertz CT molecular complexity index is 1060. The fourth-order valence-electron chi connectivity index (χ4n) is 5.10. The zero-order valence-corrected chi connectivity index (χ0v) is 24.8. The lowest BCUT2D eigenvalue weighted by Crippen LogP contribution is -2.16. The summed E-state index contributed by atoms with van der Waals surface area (Å²) in [6.45, 7) is 16.2. The molecule has 2 aromatic rings. The first-order valence-corrected chi connectivity index (χ1v) is 15.9. The summed E-state index contributed by atoms with van der Waals surface area (Å²) in [7, 11) is 0. The van der Waals surface area contributed by atoms with E-state index >= 15 is 0 Å². The van der Waals surface area contributed by atoms with E-state index < -0.39 is 0 Å². The maximum Gasteiger partial charge on any atom is 0.0534 e. The minimum absolute atomic E-state index is 0.0457. The Morgan fingerprint density at radius 2 is 1.80 bits per heavy atom. The van der Waals surface area contributed by atoms with Crippen LogP contribution in [0.25, 0.3) is 5.57 Å². The van der Waals surface area contributed by atoms with Crippen molar-refractivity contribution in [1.82, 2.24) is 0 Å². The average Bonchev–Trinajstić information content (AvgIpc) is 3.30. The largest absolute Gasteiger partial charge is 0.107 e. The third kappa shape index (κ3) is 8.13. The number of rotatable bonds is 13. The van der Waals surface area contributed by atoms with Gasteiger partial charge in [0, 0.05) is 0 Å². The number of hydrogen-bond acceptors (Lipinski definition) is 0. The second-order valence-corrected chi connectivity index (χ2v) is 14.2. The van der Waals surface area contributed by atoms with E-state index in [4.69, 9.17) is 0 Å². The Balaban J connectivity index is 1.73. The molecule has 3 atom stereocenters. The predicted molar refractivity (Wildman–Crippen MR) is 167 cm³/mol. The van der Waals surface area contributed by atoms with Crippen LogP contribution in [0.1, 0.15) is 94.9 Å². The Morgan fingerprint density at radius 3 is 2.51 bits per heavy atom. The van der Waals surface area contributed by atoms with Crippen molar-refractivity contribution in [2.24, 2.45) is 5.92 Å². The van der Waals surface area contributed by atoms with Crippen LogP contribution in [0.3, 0.4) is 0 Å². The number of benzene rings is 2. The van der Waals surface area contributed by atoms with E-state index in [1.807, 2.05) is 0 Å². The monoisotopic (exact) mass is 580 g/mol. The zero-order chi connectivity index (χ0) is 25.3. The first kappa shape index (κ1) is 27.8. The first-order valence-electron chi connectivity index (χ1n) is 13.6. The SMILES string of the molecule is C=C(CC(C)c1cccc(/C(=C/Cc2cccc(C[C@H](C)CCC)c2)CCC)c1)[C@]1(C)C=CC=I1. The molecule has 1 heterocycles. The lowest BCUT2D eigenvalue weighted by molar-refractivity contribution is 0.522. The number of hydrogen-bond donors (Lipinski definition) is 0. The molecule has 3 rings (SSSR count). The van der Waals surface area contributed by atoms with Crippen LogP contribution in [0.4, 0.5) is 0 Å². The van der Waals surface area contributed by atoms with E-state index in [0.29, 0.717) is 5.92 Å². The van der Waals surface area contributed by atoms with Gasteiger partial charge in [-0.2, -0.15) is 0 Å². The molecular weight excluding hydrogens is 535 g/mol. The van der Waals surface area contributed by atoms with Gasteiger partial charge in [-0.25, -0.2) is 0 Å². The predicted octanol–water partition coefficient (Wildman–Crippen LogP) is 10.2. The quantitative estimate of drug-likeness (QED) is 0.126. The molecule has 1 unspecified atom stereocenters. The third-order valence-corrected chi connectivity index (χ3v) is 10.5. The zero-order valence-electron chi connectivity index (χ0n) is 22.6. The highest BCUT2D eigenvalue weighted by Gasteiger charge is 2.25. The molecule has 0 N–H and O–H groups in total. The van der Waals surface area contributed by atoms with Gasteiger partial charge in [0.1, 0.15) is 0 Å². The van der Waals surface area contributed by atoms with E-state index in [1.165, 1.54) is 59.1 Å². The van der Waals surface area contributed by atoms with Crippen LogP contribution < -0.4 is 0 Å². The Hall–Kier alpha value is -1.74. The molecule has 0 fully saturated rings. The van der Waals surface area contributed by atoms with Gasteiger partial charge in [0.2, 0.25) is 0 Å². The normalized spacial score (nSPS) is 19.4. The molecule has 0 nitrogen and oxygen atoms in total. The molecule has 1 heteroatoms. The van der Waals surface area contributed by atoms with Crippen molar-refractivity contribution < 1.29 is 0 Å². The van der Waals surface area contributed by atoms with Crippen LogP contribution in [0, 0.1) is 5.92 Å². The molecule has 1 aliphatic heterocycles. The van der Waals surface area contributed by atoms with Crippen LogP contribution in [0.5, 0.6) is 0 Å². The molecule has 0 saturated heterocycles. The molecule has 0 spiro atoms. The summed E-state index contributed by atoms with van der Waals surface area (Å²) in [4.78, 5) is 0. The Kier molecular flexibility index (Phi) is 10.8. The van der Waals surface area contributed by atoms with Gasteiger partial charge in [-0.15, -0.1) is 20.7 Å². The van der Waals surface area contributed by atoms with Crippen LogP contribution in [-0.2, 0) is 12.8 Å². The molecule has 0 aromatic heterocycles. The average molecular weight is 581 g/mol. The van der Waals surface area contributed by atoms with Crippen LogP contribution in [0.15, 0.2) is 78.9 Å². The van der Waals surface area contributed by atoms with Crippen molar-refractivity contribution in [3.05, 3.63) is 101 Å². The second-order valence-electron chi connectivity index (χ2n) is 10.6. The number of halogens is 1. The summed E-state index contributed by atoms with van der Waals surface area (Å²) in [5.41, 5.74) is 8.61. The molecule has 35 heavy (non-hydrogen) atoms. The van der Waals surface area contributed by atoms with Crippen LogP contribution in [0.2, 0.25) is 0 Å². The van der Waals surface area contributed by atoms with E-state index in [-0.39, 0.29) is 24.2 Å². The van der Waals surface area contributed by atoms with E-state index in [0.717, 1.165) is 25.2 Å². The van der Waals surface area contributed by atoms with E-state index in [1.54, 1.807) is 0 Å². The van der Waals surface area contributed by atoms with Crippen molar-refractivity contribution in [2.45, 2.75) is 88.9 Å². The maximum absolute atomic E-state index is 4.50. The third-order valence-electron chi connectivity index (χ3n) is 7.30. The Morgan fingerprint density at radius 1 is 1.03 bits per heavy atom. The van der Waals surface area contributed by atoms with Crippen LogP contribution >= 0.6 is 20.7 Å². The van der Waals surface area contributed by atoms with E-state index in [9.17, 15) is 0 Å². The highest BCUT2D eigenvalue weighted by atomic mass is 127. The first-order chi connectivity index (χ1) is 16.8. The maximum atomic E-state index is 4.50. The van der Waals surface area contributed by atoms with Crippen LogP contribution in [-0.4, -0.2) is 7.43 Å². The molecule has 0 saturated carbocycles. The lowest BCUT2D eigenvalue weighted by Gasteiger charge is -2.25. The topological polar surface area (TPSA) is 0 Å². The summed E-state index contributed by atoms with van der Waals surface area (Å²) < 4.78 is 2.61. The lowest BCUT2D eigenvalue weighted by atomic mass is 9.87. The highest BCUT2D eigenvalue weighted by Crippen LogP contribution is 2.40. The fraction of sp³-hybridized carbons (Fsp3) is 0.441. The molecule has 0 aliphatic carbocycles. The van der Waals surface area contributed by atoms with Gasteiger partial charge >= 0.3 is 0 Å². The summed E-state index contributed by atoms with van der Waals surface area (Å²) >= 11 is 0.0457. The fourth-order valence-corrected chi connectivity index (χ4v) is 7.34. The molecule has 188 valence electrons. The molecule has 0 bridgehead atoms. The van der Waals surface area contributed by atoms with Gasteiger partial charge in [-0.1, -0.05) is 126 Å². The van der Waals surface area contributed by atoms with Crippen molar-refractivity contribution in [2.75, 3.05) is 0 Å². The molecule has 0 amide bonds. The second kappa shape index (κ2) is 13.5.